The van der Waals surface area contributed by atoms with Gasteiger partial charge >= 0.3 is 0 Å². The third kappa shape index (κ3) is 2.72. The molecule has 0 spiro atoms. The van der Waals surface area contributed by atoms with Crippen molar-refractivity contribution in [2.24, 2.45) is 0 Å². The lowest BCUT2D eigenvalue weighted by Gasteiger charge is -2.15. The van der Waals surface area contributed by atoms with Gasteiger partial charge in [0.25, 0.3) is 0 Å². The summed E-state index contributed by atoms with van der Waals surface area (Å²) < 4.78 is 1.02. The van der Waals surface area contributed by atoms with E-state index in [9.17, 15) is 0 Å². The summed E-state index contributed by atoms with van der Waals surface area (Å²) in [5.74, 6) is 0.882. The van der Waals surface area contributed by atoms with Crippen LogP contribution in [0.15, 0.2) is 16.7 Å². The Bertz CT molecular complexity index is 565. The van der Waals surface area contributed by atoms with E-state index in [-0.39, 0.29) is 6.04 Å². The van der Waals surface area contributed by atoms with Gasteiger partial charge in [-0.3, -0.25) is 0 Å². The Hall–Kier alpha value is -0.940. The number of nitrogens with one attached hydrogen (secondary N) is 1. The standard InChI is InChI=1S/C13H16BrN3S/c1-7-5-6-15-13(11(7)14)17-9(3)12-8(2)16-10(4)18-12/h5-6,9H,1-4H3,(H,15,17). The predicted molar refractivity (Wildman–Crippen MR) is 80.3 cm³/mol. The molecule has 2 aromatic heterocycles. The maximum Gasteiger partial charge on any atom is 0.141 e. The highest BCUT2D eigenvalue weighted by molar-refractivity contribution is 9.10. The van der Waals surface area contributed by atoms with E-state index in [1.807, 2.05) is 19.2 Å². The Kier molecular flexibility index (Phi) is 4.02. The van der Waals surface area contributed by atoms with Gasteiger partial charge in [0.1, 0.15) is 5.82 Å². The SMILES string of the molecule is Cc1nc(C)c(C(C)Nc2nccc(C)c2Br)s1. The Morgan fingerprint density at radius 1 is 1.33 bits per heavy atom. The van der Waals surface area contributed by atoms with Gasteiger partial charge in [-0.05, 0) is 55.3 Å². The molecule has 0 saturated carbocycles. The van der Waals surface area contributed by atoms with Crippen molar-refractivity contribution in [3.8, 4) is 0 Å². The molecule has 2 aromatic rings. The summed E-state index contributed by atoms with van der Waals surface area (Å²) in [6.07, 6.45) is 1.82. The highest BCUT2D eigenvalue weighted by atomic mass is 79.9. The fraction of sp³-hybridized carbons (Fsp3) is 0.385. The second-order valence-corrected chi connectivity index (χ2v) is 6.37. The summed E-state index contributed by atoms with van der Waals surface area (Å²) in [5, 5.41) is 4.54. The molecule has 0 radical (unpaired) electrons. The minimum absolute atomic E-state index is 0.210. The zero-order valence-corrected chi connectivity index (χ0v) is 13.3. The molecule has 0 bridgehead atoms. The first-order chi connectivity index (χ1) is 8.49. The number of hydrogen-bond acceptors (Lipinski definition) is 4. The van der Waals surface area contributed by atoms with Crippen LogP contribution in [0.2, 0.25) is 0 Å². The van der Waals surface area contributed by atoms with Crippen LogP contribution in [0.5, 0.6) is 0 Å². The van der Waals surface area contributed by atoms with Crippen LogP contribution in [0, 0.1) is 20.8 Å². The van der Waals surface area contributed by atoms with Gasteiger partial charge in [0.2, 0.25) is 0 Å². The molecule has 0 amide bonds. The second-order valence-electron chi connectivity index (χ2n) is 4.34. The summed E-state index contributed by atoms with van der Waals surface area (Å²) in [5.41, 5.74) is 2.28. The molecule has 0 fully saturated rings. The number of aromatic nitrogens is 2. The molecule has 3 nitrogen and oxygen atoms in total. The van der Waals surface area contributed by atoms with Crippen molar-refractivity contribution >= 4 is 33.1 Å². The highest BCUT2D eigenvalue weighted by Crippen LogP contribution is 2.30. The number of rotatable bonds is 3. The van der Waals surface area contributed by atoms with E-state index in [0.717, 1.165) is 21.0 Å². The molecular formula is C13H16BrN3S. The van der Waals surface area contributed by atoms with Gasteiger partial charge in [0.15, 0.2) is 0 Å². The van der Waals surface area contributed by atoms with E-state index in [2.05, 4.69) is 52.0 Å². The summed E-state index contributed by atoms with van der Waals surface area (Å²) in [7, 11) is 0. The fourth-order valence-corrected chi connectivity index (χ4v) is 3.14. The maximum absolute atomic E-state index is 4.46. The summed E-state index contributed by atoms with van der Waals surface area (Å²) >= 11 is 5.30. The average molecular weight is 326 g/mol. The van der Waals surface area contributed by atoms with Crippen LogP contribution >= 0.6 is 27.3 Å². The molecule has 1 N–H and O–H groups in total. The van der Waals surface area contributed by atoms with Crippen LogP contribution in [0.25, 0.3) is 0 Å². The van der Waals surface area contributed by atoms with Crippen LogP contribution in [-0.4, -0.2) is 9.97 Å². The molecule has 5 heteroatoms. The predicted octanol–water partition coefficient (Wildman–Crippen LogP) is 4.40. The zero-order chi connectivity index (χ0) is 13.3. The Morgan fingerprint density at radius 2 is 2.06 bits per heavy atom. The Balaban J connectivity index is 2.24. The Labute approximate surface area is 120 Å². The first-order valence-electron chi connectivity index (χ1n) is 5.80. The molecule has 1 atom stereocenters. The monoisotopic (exact) mass is 325 g/mol. The fourth-order valence-electron chi connectivity index (χ4n) is 1.86. The number of hydrogen-bond donors (Lipinski definition) is 1. The summed E-state index contributed by atoms with van der Waals surface area (Å²) in [6, 6.07) is 2.20. The molecule has 18 heavy (non-hydrogen) atoms. The van der Waals surface area contributed by atoms with Gasteiger partial charge in [0, 0.05) is 11.1 Å². The minimum atomic E-state index is 0.210. The number of anilines is 1. The zero-order valence-electron chi connectivity index (χ0n) is 10.9. The average Bonchev–Trinajstić information content (AvgIpc) is 2.64. The molecule has 2 rings (SSSR count). The van der Waals surface area contributed by atoms with E-state index in [4.69, 9.17) is 0 Å². The van der Waals surface area contributed by atoms with E-state index < -0.39 is 0 Å². The van der Waals surface area contributed by atoms with E-state index in [1.54, 1.807) is 11.3 Å². The van der Waals surface area contributed by atoms with Crippen molar-refractivity contribution < 1.29 is 0 Å². The molecule has 0 aliphatic heterocycles. The lowest BCUT2D eigenvalue weighted by molar-refractivity contribution is 0.877. The number of nitrogens with zero attached hydrogens (tertiary/aromatic N) is 2. The van der Waals surface area contributed by atoms with E-state index in [0.29, 0.717) is 0 Å². The van der Waals surface area contributed by atoms with E-state index in [1.165, 1.54) is 10.4 Å². The number of pyridine rings is 1. The topological polar surface area (TPSA) is 37.8 Å². The lowest BCUT2D eigenvalue weighted by Crippen LogP contribution is -2.08. The van der Waals surface area contributed by atoms with Crippen LogP contribution in [0.3, 0.4) is 0 Å². The van der Waals surface area contributed by atoms with Crippen LogP contribution < -0.4 is 5.32 Å². The summed E-state index contributed by atoms with van der Waals surface area (Å²) in [6.45, 7) is 8.28. The number of aryl methyl sites for hydroxylation is 3. The molecule has 1 unspecified atom stereocenters. The van der Waals surface area contributed by atoms with Crippen molar-refractivity contribution in [3.05, 3.63) is 37.9 Å². The molecular weight excluding hydrogens is 310 g/mol. The van der Waals surface area contributed by atoms with E-state index >= 15 is 0 Å². The number of halogens is 1. The van der Waals surface area contributed by atoms with Crippen molar-refractivity contribution in [2.45, 2.75) is 33.7 Å². The van der Waals surface area contributed by atoms with Gasteiger partial charge in [-0.1, -0.05) is 0 Å². The van der Waals surface area contributed by atoms with Gasteiger partial charge in [-0.15, -0.1) is 11.3 Å². The van der Waals surface area contributed by atoms with Crippen molar-refractivity contribution in [3.63, 3.8) is 0 Å². The molecule has 96 valence electrons. The summed E-state index contributed by atoms with van der Waals surface area (Å²) in [4.78, 5) is 10.1. The van der Waals surface area contributed by atoms with Crippen LogP contribution in [0.1, 0.15) is 34.1 Å². The maximum atomic E-state index is 4.46. The van der Waals surface area contributed by atoms with Gasteiger partial charge in [-0.2, -0.15) is 0 Å². The van der Waals surface area contributed by atoms with Crippen LogP contribution in [0.4, 0.5) is 5.82 Å². The number of thiazole rings is 1. The van der Waals surface area contributed by atoms with Gasteiger partial charge in [0.05, 0.1) is 21.2 Å². The quantitative estimate of drug-likeness (QED) is 0.908. The van der Waals surface area contributed by atoms with Crippen molar-refractivity contribution in [2.75, 3.05) is 5.32 Å². The highest BCUT2D eigenvalue weighted by Gasteiger charge is 2.14. The van der Waals surface area contributed by atoms with Crippen molar-refractivity contribution in [1.29, 1.82) is 0 Å². The van der Waals surface area contributed by atoms with Crippen molar-refractivity contribution in [1.82, 2.24) is 9.97 Å². The van der Waals surface area contributed by atoms with Gasteiger partial charge < -0.3 is 5.32 Å². The molecule has 2 heterocycles. The second kappa shape index (κ2) is 5.36. The Morgan fingerprint density at radius 3 is 2.67 bits per heavy atom. The lowest BCUT2D eigenvalue weighted by atomic mass is 10.2. The van der Waals surface area contributed by atoms with Gasteiger partial charge in [-0.25, -0.2) is 9.97 Å². The first kappa shape index (κ1) is 13.5. The largest absolute Gasteiger partial charge is 0.362 e. The molecule has 0 aromatic carbocycles. The third-order valence-electron chi connectivity index (χ3n) is 2.77. The van der Waals surface area contributed by atoms with Crippen LogP contribution in [-0.2, 0) is 0 Å². The first-order valence-corrected chi connectivity index (χ1v) is 7.41. The molecule has 0 saturated heterocycles. The molecule has 0 aliphatic carbocycles. The smallest absolute Gasteiger partial charge is 0.141 e. The third-order valence-corrected chi connectivity index (χ3v) is 5.02. The molecule has 0 aliphatic rings. The normalized spacial score (nSPS) is 12.5. The minimum Gasteiger partial charge on any atom is -0.362 e.